The van der Waals surface area contributed by atoms with Crippen LogP contribution in [0.2, 0.25) is 0 Å². The van der Waals surface area contributed by atoms with Gasteiger partial charge in [-0.25, -0.2) is 0 Å². The zero-order chi connectivity index (χ0) is 15.5. The molecule has 0 aromatic heterocycles. The summed E-state index contributed by atoms with van der Waals surface area (Å²) >= 11 is 0. The van der Waals surface area contributed by atoms with Crippen molar-refractivity contribution in [2.45, 2.75) is 38.1 Å². The fourth-order valence-corrected chi connectivity index (χ4v) is 3.30. The number of carbonyl (C=O) groups excluding carboxylic acids is 2. The molecule has 5 heteroatoms. The van der Waals surface area contributed by atoms with Gasteiger partial charge in [-0.1, -0.05) is 18.9 Å². The van der Waals surface area contributed by atoms with Crippen LogP contribution in [0.25, 0.3) is 0 Å². The molecule has 22 heavy (non-hydrogen) atoms. The van der Waals surface area contributed by atoms with E-state index in [1.54, 1.807) is 12.0 Å². The number of benzene rings is 1. The monoisotopic (exact) mass is 302 g/mol. The van der Waals surface area contributed by atoms with E-state index in [-0.39, 0.29) is 24.2 Å². The van der Waals surface area contributed by atoms with E-state index in [0.29, 0.717) is 18.3 Å². The van der Waals surface area contributed by atoms with Crippen molar-refractivity contribution in [1.82, 2.24) is 5.32 Å². The Morgan fingerprint density at radius 1 is 1.32 bits per heavy atom. The standard InChI is InChI=1S/C17H22N2O3/c1-22-15-8-4-7-14(10-15)19-11-12(9-16(19)20)17(21)18-13-5-2-3-6-13/h4,7-8,10,12-13H,2-3,5-6,9,11H2,1H3,(H,18,21)/t12-/m1/s1. The Labute approximate surface area is 130 Å². The Hall–Kier alpha value is -2.04. The third-order valence-corrected chi connectivity index (χ3v) is 4.56. The maximum atomic E-state index is 12.3. The van der Waals surface area contributed by atoms with Crippen LogP contribution in [0.5, 0.6) is 5.75 Å². The summed E-state index contributed by atoms with van der Waals surface area (Å²) in [5.41, 5.74) is 0.792. The van der Waals surface area contributed by atoms with Crippen LogP contribution in [0, 0.1) is 5.92 Å². The molecule has 1 saturated carbocycles. The number of rotatable bonds is 4. The number of hydrogen-bond acceptors (Lipinski definition) is 3. The smallest absolute Gasteiger partial charge is 0.227 e. The lowest BCUT2D eigenvalue weighted by molar-refractivity contribution is -0.126. The number of amides is 2. The quantitative estimate of drug-likeness (QED) is 0.926. The molecule has 1 aliphatic heterocycles. The number of carbonyl (C=O) groups is 2. The molecule has 1 aromatic carbocycles. The molecule has 1 saturated heterocycles. The van der Waals surface area contributed by atoms with Gasteiger partial charge in [0.05, 0.1) is 13.0 Å². The Kier molecular flexibility index (Phi) is 4.32. The van der Waals surface area contributed by atoms with Gasteiger partial charge in [0.2, 0.25) is 11.8 Å². The summed E-state index contributed by atoms with van der Waals surface area (Å²) in [5.74, 6) is 0.480. The lowest BCUT2D eigenvalue weighted by Crippen LogP contribution is -2.38. The van der Waals surface area contributed by atoms with E-state index in [4.69, 9.17) is 4.74 Å². The van der Waals surface area contributed by atoms with Crippen LogP contribution in [0.15, 0.2) is 24.3 Å². The molecular formula is C17H22N2O3. The van der Waals surface area contributed by atoms with Gasteiger partial charge in [-0.05, 0) is 25.0 Å². The van der Waals surface area contributed by atoms with Crippen LogP contribution < -0.4 is 15.0 Å². The van der Waals surface area contributed by atoms with Gasteiger partial charge in [0.15, 0.2) is 0 Å². The summed E-state index contributed by atoms with van der Waals surface area (Å²) in [6.07, 6.45) is 4.78. The van der Waals surface area contributed by atoms with Crippen LogP contribution in [0.3, 0.4) is 0 Å². The van der Waals surface area contributed by atoms with Gasteiger partial charge in [-0.3, -0.25) is 9.59 Å². The van der Waals surface area contributed by atoms with Crippen molar-refractivity contribution in [2.75, 3.05) is 18.6 Å². The topological polar surface area (TPSA) is 58.6 Å². The lowest BCUT2D eigenvalue weighted by atomic mass is 10.1. The van der Waals surface area contributed by atoms with Gasteiger partial charge in [0.1, 0.15) is 5.75 Å². The molecule has 0 bridgehead atoms. The highest BCUT2D eigenvalue weighted by atomic mass is 16.5. The molecule has 2 aliphatic rings. The third kappa shape index (κ3) is 3.08. The minimum atomic E-state index is -0.251. The second-order valence-corrected chi connectivity index (χ2v) is 6.10. The normalized spacial score (nSPS) is 22.1. The number of ether oxygens (including phenoxy) is 1. The molecule has 1 atom stereocenters. The van der Waals surface area contributed by atoms with Gasteiger partial charge in [-0.2, -0.15) is 0 Å². The van der Waals surface area contributed by atoms with E-state index >= 15 is 0 Å². The molecule has 2 fully saturated rings. The maximum Gasteiger partial charge on any atom is 0.227 e. The van der Waals surface area contributed by atoms with Crippen molar-refractivity contribution < 1.29 is 14.3 Å². The number of anilines is 1. The molecule has 118 valence electrons. The number of nitrogens with one attached hydrogen (secondary N) is 1. The highest BCUT2D eigenvalue weighted by molar-refractivity contribution is 6.00. The van der Waals surface area contributed by atoms with E-state index in [2.05, 4.69) is 5.32 Å². The van der Waals surface area contributed by atoms with Gasteiger partial charge < -0.3 is 15.0 Å². The SMILES string of the molecule is COc1cccc(N2C[C@H](C(=O)NC3CCCC3)CC2=O)c1. The minimum Gasteiger partial charge on any atom is -0.497 e. The number of methoxy groups -OCH3 is 1. The summed E-state index contributed by atoms with van der Waals surface area (Å²) in [6.45, 7) is 0.449. The van der Waals surface area contributed by atoms with Crippen molar-refractivity contribution in [3.8, 4) is 5.75 Å². The van der Waals surface area contributed by atoms with Crippen LogP contribution in [0.1, 0.15) is 32.1 Å². The molecule has 1 heterocycles. The first-order valence-corrected chi connectivity index (χ1v) is 7.92. The fraction of sp³-hybridized carbons (Fsp3) is 0.529. The van der Waals surface area contributed by atoms with Crippen LogP contribution in [-0.4, -0.2) is 31.5 Å². The van der Waals surface area contributed by atoms with Crippen molar-refractivity contribution in [3.05, 3.63) is 24.3 Å². The minimum absolute atomic E-state index is 0.000162. The van der Waals surface area contributed by atoms with E-state index < -0.39 is 0 Å². The van der Waals surface area contributed by atoms with Crippen LogP contribution >= 0.6 is 0 Å². The third-order valence-electron chi connectivity index (χ3n) is 4.56. The molecule has 3 rings (SSSR count). The summed E-state index contributed by atoms with van der Waals surface area (Å²) in [5, 5.41) is 3.09. The van der Waals surface area contributed by atoms with E-state index in [1.165, 1.54) is 12.8 Å². The highest BCUT2D eigenvalue weighted by Crippen LogP contribution is 2.28. The van der Waals surface area contributed by atoms with Crippen molar-refractivity contribution >= 4 is 17.5 Å². The second-order valence-electron chi connectivity index (χ2n) is 6.10. The first-order chi connectivity index (χ1) is 10.7. The Bertz CT molecular complexity index is 567. The Morgan fingerprint density at radius 3 is 2.82 bits per heavy atom. The average molecular weight is 302 g/mol. The predicted octanol–water partition coefficient (Wildman–Crippen LogP) is 2.11. The first kappa shape index (κ1) is 14.9. The van der Waals surface area contributed by atoms with E-state index in [0.717, 1.165) is 18.5 Å². The number of nitrogens with zero attached hydrogens (tertiary/aromatic N) is 1. The zero-order valence-electron chi connectivity index (χ0n) is 12.9. The molecule has 1 N–H and O–H groups in total. The molecule has 1 aromatic rings. The van der Waals surface area contributed by atoms with Crippen LogP contribution in [0.4, 0.5) is 5.69 Å². The molecule has 0 radical (unpaired) electrons. The van der Waals surface area contributed by atoms with E-state index in [1.807, 2.05) is 24.3 Å². The van der Waals surface area contributed by atoms with Gasteiger partial charge in [0.25, 0.3) is 0 Å². The molecule has 2 amide bonds. The molecule has 0 unspecified atom stereocenters. The van der Waals surface area contributed by atoms with E-state index in [9.17, 15) is 9.59 Å². The fourth-order valence-electron chi connectivity index (χ4n) is 3.30. The van der Waals surface area contributed by atoms with Crippen molar-refractivity contribution in [1.29, 1.82) is 0 Å². The largest absolute Gasteiger partial charge is 0.497 e. The van der Waals surface area contributed by atoms with Crippen LogP contribution in [-0.2, 0) is 9.59 Å². The summed E-state index contributed by atoms with van der Waals surface area (Å²) in [7, 11) is 1.60. The molecule has 1 aliphatic carbocycles. The Balaban J connectivity index is 1.65. The van der Waals surface area contributed by atoms with Gasteiger partial charge >= 0.3 is 0 Å². The first-order valence-electron chi connectivity index (χ1n) is 7.92. The molecular weight excluding hydrogens is 280 g/mol. The van der Waals surface area contributed by atoms with Crippen molar-refractivity contribution in [3.63, 3.8) is 0 Å². The predicted molar refractivity (Wildman–Crippen MR) is 83.9 cm³/mol. The van der Waals surface area contributed by atoms with Gasteiger partial charge in [0, 0.05) is 30.8 Å². The van der Waals surface area contributed by atoms with Crippen molar-refractivity contribution in [2.24, 2.45) is 5.92 Å². The lowest BCUT2D eigenvalue weighted by Gasteiger charge is -2.18. The highest BCUT2D eigenvalue weighted by Gasteiger charge is 2.36. The maximum absolute atomic E-state index is 12.3. The average Bonchev–Trinajstić information content (AvgIpc) is 3.17. The molecule has 0 spiro atoms. The summed E-state index contributed by atoms with van der Waals surface area (Å²) in [4.78, 5) is 26.2. The second kappa shape index (κ2) is 6.38. The van der Waals surface area contributed by atoms with Gasteiger partial charge in [-0.15, -0.1) is 0 Å². The molecule has 5 nitrogen and oxygen atoms in total. The zero-order valence-corrected chi connectivity index (χ0v) is 12.9. The number of hydrogen-bond donors (Lipinski definition) is 1. The Morgan fingerprint density at radius 2 is 2.09 bits per heavy atom. The summed E-state index contributed by atoms with van der Waals surface area (Å²) < 4.78 is 5.20. The summed E-state index contributed by atoms with van der Waals surface area (Å²) in [6, 6.07) is 7.70.